The number of hydrogen-bond acceptors (Lipinski definition) is 4. The summed E-state index contributed by atoms with van der Waals surface area (Å²) in [5, 5.41) is 5.42. The van der Waals surface area contributed by atoms with Crippen LogP contribution in [-0.4, -0.2) is 48.0 Å². The molecule has 1 aliphatic heterocycles. The molecule has 2 rings (SSSR count). The number of benzene rings is 1. The van der Waals surface area contributed by atoms with E-state index in [0.717, 1.165) is 5.56 Å². The van der Waals surface area contributed by atoms with Gasteiger partial charge in [-0.2, -0.15) is 0 Å². The van der Waals surface area contributed by atoms with Crippen LogP contribution in [0, 0.1) is 0 Å². The van der Waals surface area contributed by atoms with Gasteiger partial charge in [-0.15, -0.1) is 0 Å². The molecule has 7 nitrogen and oxygen atoms in total. The van der Waals surface area contributed by atoms with E-state index in [-0.39, 0.29) is 18.4 Å². The molecular formula is C18H25N3O4. The quantitative estimate of drug-likeness (QED) is 0.861. The summed E-state index contributed by atoms with van der Waals surface area (Å²) in [6.07, 6.45) is -0.407. The first-order valence-electron chi connectivity index (χ1n) is 8.20. The third kappa shape index (κ3) is 4.95. The molecule has 136 valence electrons. The highest BCUT2D eigenvalue weighted by Crippen LogP contribution is 2.33. The van der Waals surface area contributed by atoms with Crippen molar-refractivity contribution in [1.29, 1.82) is 0 Å². The van der Waals surface area contributed by atoms with Gasteiger partial charge in [0.15, 0.2) is 0 Å². The average molecular weight is 347 g/mol. The highest BCUT2D eigenvalue weighted by Gasteiger charge is 2.48. The Hall–Kier alpha value is -2.57. The second kappa shape index (κ2) is 7.13. The van der Waals surface area contributed by atoms with E-state index in [4.69, 9.17) is 4.74 Å². The van der Waals surface area contributed by atoms with E-state index in [0.29, 0.717) is 13.1 Å². The van der Waals surface area contributed by atoms with Gasteiger partial charge in [0, 0.05) is 6.92 Å². The van der Waals surface area contributed by atoms with E-state index in [2.05, 4.69) is 10.6 Å². The third-order valence-corrected chi connectivity index (χ3v) is 3.78. The zero-order chi connectivity index (χ0) is 18.7. The van der Waals surface area contributed by atoms with E-state index in [1.165, 1.54) is 6.92 Å². The molecule has 0 bridgehead atoms. The molecular weight excluding hydrogens is 322 g/mol. The maximum Gasteiger partial charge on any atom is 0.410 e. The van der Waals surface area contributed by atoms with Gasteiger partial charge in [0.25, 0.3) is 0 Å². The number of amides is 3. The van der Waals surface area contributed by atoms with E-state index in [1.54, 1.807) is 4.90 Å². The van der Waals surface area contributed by atoms with Crippen LogP contribution in [0.4, 0.5) is 4.79 Å². The normalized spacial score (nSPS) is 15.8. The molecule has 1 aromatic rings. The molecule has 0 unspecified atom stereocenters. The Labute approximate surface area is 147 Å². The minimum absolute atomic E-state index is 0.101. The number of nitrogens with zero attached hydrogens (tertiary/aromatic N) is 1. The van der Waals surface area contributed by atoms with Gasteiger partial charge in [-0.3, -0.25) is 9.59 Å². The largest absolute Gasteiger partial charge is 0.444 e. The molecule has 1 aromatic carbocycles. The fraction of sp³-hybridized carbons (Fsp3) is 0.500. The number of rotatable bonds is 4. The van der Waals surface area contributed by atoms with Gasteiger partial charge in [-0.1, -0.05) is 30.3 Å². The lowest BCUT2D eigenvalue weighted by Gasteiger charge is -2.50. The van der Waals surface area contributed by atoms with Crippen molar-refractivity contribution in [3.8, 4) is 0 Å². The number of ether oxygens (including phenoxy) is 1. The Morgan fingerprint density at radius 2 is 1.76 bits per heavy atom. The molecule has 0 atom stereocenters. The summed E-state index contributed by atoms with van der Waals surface area (Å²) in [5.74, 6) is -0.573. The molecule has 3 amide bonds. The van der Waals surface area contributed by atoms with Crippen molar-refractivity contribution < 1.29 is 19.1 Å². The first-order valence-corrected chi connectivity index (χ1v) is 8.20. The van der Waals surface area contributed by atoms with Crippen LogP contribution in [0.25, 0.3) is 0 Å². The van der Waals surface area contributed by atoms with E-state index >= 15 is 0 Å². The highest BCUT2D eigenvalue weighted by atomic mass is 16.6. The first-order chi connectivity index (χ1) is 11.6. The van der Waals surface area contributed by atoms with Crippen LogP contribution in [0.3, 0.4) is 0 Å². The Bertz CT molecular complexity index is 646. The van der Waals surface area contributed by atoms with Crippen LogP contribution in [0.15, 0.2) is 30.3 Å². The summed E-state index contributed by atoms with van der Waals surface area (Å²) >= 11 is 0. The third-order valence-electron chi connectivity index (χ3n) is 3.78. The molecule has 1 aliphatic rings. The van der Waals surface area contributed by atoms with E-state index in [1.807, 2.05) is 51.1 Å². The van der Waals surface area contributed by atoms with Crippen molar-refractivity contribution in [2.75, 3.05) is 19.6 Å². The lowest BCUT2D eigenvalue weighted by molar-refractivity contribution is -0.128. The van der Waals surface area contributed by atoms with Gasteiger partial charge < -0.3 is 20.3 Å². The molecule has 0 aromatic heterocycles. The summed E-state index contributed by atoms with van der Waals surface area (Å²) < 4.78 is 5.37. The van der Waals surface area contributed by atoms with Crippen LogP contribution in [0.5, 0.6) is 0 Å². The summed E-state index contributed by atoms with van der Waals surface area (Å²) in [7, 11) is 0. The van der Waals surface area contributed by atoms with E-state index < -0.39 is 17.2 Å². The second-order valence-corrected chi connectivity index (χ2v) is 7.24. The fourth-order valence-electron chi connectivity index (χ4n) is 2.67. The number of hydrogen-bond donors (Lipinski definition) is 2. The van der Waals surface area contributed by atoms with Crippen molar-refractivity contribution in [3.63, 3.8) is 0 Å². The molecule has 0 radical (unpaired) electrons. The minimum Gasteiger partial charge on any atom is -0.444 e. The molecule has 0 saturated carbocycles. The van der Waals surface area contributed by atoms with Gasteiger partial charge in [-0.25, -0.2) is 4.79 Å². The van der Waals surface area contributed by atoms with Crippen LogP contribution in [0.1, 0.15) is 33.3 Å². The Kier molecular flexibility index (Phi) is 5.35. The maximum absolute atomic E-state index is 12.2. The van der Waals surface area contributed by atoms with Gasteiger partial charge >= 0.3 is 6.09 Å². The van der Waals surface area contributed by atoms with Crippen molar-refractivity contribution in [2.24, 2.45) is 0 Å². The molecule has 2 N–H and O–H groups in total. The lowest BCUT2D eigenvalue weighted by Crippen LogP contribution is -2.69. The second-order valence-electron chi connectivity index (χ2n) is 7.24. The summed E-state index contributed by atoms with van der Waals surface area (Å²) in [6, 6.07) is 9.47. The SMILES string of the molecule is CC(=O)NCC(=O)NC1(c2ccccc2)CN(C(=O)OC(C)(C)C)C1. The van der Waals surface area contributed by atoms with Gasteiger partial charge in [0.1, 0.15) is 11.1 Å². The fourth-order valence-corrected chi connectivity index (χ4v) is 2.67. The van der Waals surface area contributed by atoms with Gasteiger partial charge in [0.05, 0.1) is 19.6 Å². The highest BCUT2D eigenvalue weighted by molar-refractivity contribution is 5.84. The van der Waals surface area contributed by atoms with E-state index in [9.17, 15) is 14.4 Å². The molecule has 0 spiro atoms. The van der Waals surface area contributed by atoms with Gasteiger partial charge in [0.2, 0.25) is 11.8 Å². The Morgan fingerprint density at radius 3 is 2.28 bits per heavy atom. The zero-order valence-electron chi connectivity index (χ0n) is 15.1. The lowest BCUT2D eigenvalue weighted by atomic mass is 9.82. The molecule has 1 heterocycles. The van der Waals surface area contributed by atoms with Crippen molar-refractivity contribution in [2.45, 2.75) is 38.8 Å². The monoisotopic (exact) mass is 347 g/mol. The standard InChI is InChI=1S/C18H25N3O4/c1-13(22)19-10-15(23)20-18(14-8-6-5-7-9-14)11-21(12-18)16(24)25-17(2,3)4/h5-9H,10-12H2,1-4H3,(H,19,22)(H,20,23). The van der Waals surface area contributed by atoms with Crippen molar-refractivity contribution >= 4 is 17.9 Å². The zero-order valence-corrected chi connectivity index (χ0v) is 15.1. The average Bonchev–Trinajstić information content (AvgIpc) is 2.47. The molecule has 0 aliphatic carbocycles. The maximum atomic E-state index is 12.2. The smallest absolute Gasteiger partial charge is 0.410 e. The summed E-state index contributed by atoms with van der Waals surface area (Å²) in [6.45, 7) is 7.32. The molecule has 1 saturated heterocycles. The van der Waals surface area contributed by atoms with Crippen LogP contribution in [0.2, 0.25) is 0 Å². The van der Waals surface area contributed by atoms with Crippen LogP contribution in [-0.2, 0) is 19.9 Å². The predicted molar refractivity (Wildman–Crippen MR) is 92.8 cm³/mol. The number of nitrogens with one attached hydrogen (secondary N) is 2. The number of carbonyl (C=O) groups excluding carboxylic acids is 3. The molecule has 25 heavy (non-hydrogen) atoms. The number of carbonyl (C=O) groups is 3. The topological polar surface area (TPSA) is 87.7 Å². The summed E-state index contributed by atoms with van der Waals surface area (Å²) in [5.41, 5.74) is -0.337. The molecule has 1 fully saturated rings. The number of likely N-dealkylation sites (tertiary alicyclic amines) is 1. The minimum atomic E-state index is -0.673. The molecule has 7 heteroatoms. The summed E-state index contributed by atoms with van der Waals surface area (Å²) in [4.78, 5) is 36.9. The Balaban J connectivity index is 2.08. The van der Waals surface area contributed by atoms with Crippen molar-refractivity contribution in [3.05, 3.63) is 35.9 Å². The van der Waals surface area contributed by atoms with Crippen LogP contribution < -0.4 is 10.6 Å². The predicted octanol–water partition coefficient (Wildman–Crippen LogP) is 1.38. The first kappa shape index (κ1) is 18.8. The van der Waals surface area contributed by atoms with Crippen LogP contribution >= 0.6 is 0 Å². The van der Waals surface area contributed by atoms with Crippen molar-refractivity contribution in [1.82, 2.24) is 15.5 Å². The Morgan fingerprint density at radius 1 is 1.16 bits per heavy atom. The van der Waals surface area contributed by atoms with Gasteiger partial charge in [-0.05, 0) is 26.3 Å².